The fraction of sp³-hybridized carbons (Fsp3) is 0.154. The lowest BCUT2D eigenvalue weighted by atomic mass is 9.88. The molecule has 2 rings (SSSR count). The van der Waals surface area contributed by atoms with Crippen molar-refractivity contribution in [1.82, 2.24) is 0 Å². The van der Waals surface area contributed by atoms with E-state index in [2.05, 4.69) is 4.74 Å². The first-order valence-corrected chi connectivity index (χ1v) is 5.58. The van der Waals surface area contributed by atoms with E-state index in [0.717, 1.165) is 0 Å². The number of hydrogen-bond acceptors (Lipinski definition) is 4. The van der Waals surface area contributed by atoms with Crippen molar-refractivity contribution >= 4 is 29.1 Å². The quantitative estimate of drug-likeness (QED) is 0.768. The van der Waals surface area contributed by atoms with Gasteiger partial charge in [-0.1, -0.05) is 35.9 Å². The molecule has 0 amide bonds. The molecular weight excluding hydrogens is 256 g/mol. The number of methoxy groups -OCH3 is 1. The number of allylic oxidation sites excluding steroid dienone is 1. The fourth-order valence-electron chi connectivity index (χ4n) is 1.77. The van der Waals surface area contributed by atoms with Crippen LogP contribution in [-0.4, -0.2) is 24.6 Å². The number of carbonyl (C=O) groups excluding carboxylic acids is 3. The highest BCUT2D eigenvalue weighted by Gasteiger charge is 2.32. The molecule has 5 heteroatoms. The molecule has 1 aromatic carbocycles. The first-order chi connectivity index (χ1) is 8.56. The Balaban J connectivity index is 2.50. The summed E-state index contributed by atoms with van der Waals surface area (Å²) < 4.78 is 4.48. The highest BCUT2D eigenvalue weighted by Crippen LogP contribution is 2.30. The zero-order chi connectivity index (χ0) is 13.3. The van der Waals surface area contributed by atoms with Gasteiger partial charge in [-0.2, -0.15) is 0 Å². The average Bonchev–Trinajstić information content (AvgIpc) is 2.40. The molecule has 0 heterocycles. The van der Waals surface area contributed by atoms with Crippen molar-refractivity contribution in [1.29, 1.82) is 0 Å². The summed E-state index contributed by atoms with van der Waals surface area (Å²) in [6.45, 7) is 0. The van der Waals surface area contributed by atoms with Crippen LogP contribution in [0, 0.1) is 0 Å². The molecule has 92 valence electrons. The molecular formula is C13H9ClO4. The summed E-state index contributed by atoms with van der Waals surface area (Å²) in [6.07, 6.45) is -0.297. The van der Waals surface area contributed by atoms with Gasteiger partial charge >= 0.3 is 5.97 Å². The lowest BCUT2D eigenvalue weighted by Gasteiger charge is -2.16. The van der Waals surface area contributed by atoms with Gasteiger partial charge in [-0.15, -0.1) is 0 Å². The van der Waals surface area contributed by atoms with Crippen LogP contribution in [0.5, 0.6) is 0 Å². The predicted molar refractivity (Wildman–Crippen MR) is 64.6 cm³/mol. The van der Waals surface area contributed by atoms with Crippen molar-refractivity contribution in [3.05, 3.63) is 46.0 Å². The maximum Gasteiger partial charge on any atom is 0.310 e. The third-order valence-electron chi connectivity index (χ3n) is 2.70. The summed E-state index contributed by atoms with van der Waals surface area (Å²) in [5.74, 6) is -1.45. The first kappa shape index (κ1) is 12.5. The van der Waals surface area contributed by atoms with Gasteiger partial charge in [0.25, 0.3) is 0 Å². The standard InChI is InChI=1S/C13H9ClO4/c1-18-10(15)6-9-11(14)13(17)8-5-3-2-4-7(8)12(9)16/h2-5H,6H2,1H3. The molecule has 1 aromatic rings. The molecule has 0 fully saturated rings. The number of halogens is 1. The van der Waals surface area contributed by atoms with E-state index in [9.17, 15) is 14.4 Å². The van der Waals surface area contributed by atoms with Crippen LogP contribution >= 0.6 is 11.6 Å². The summed E-state index contributed by atoms with van der Waals surface area (Å²) in [6, 6.07) is 6.38. The number of ketones is 2. The van der Waals surface area contributed by atoms with Gasteiger partial charge in [0.1, 0.15) is 0 Å². The largest absolute Gasteiger partial charge is 0.469 e. The Morgan fingerprint density at radius 2 is 1.72 bits per heavy atom. The van der Waals surface area contributed by atoms with Gasteiger partial charge in [-0.25, -0.2) is 0 Å². The zero-order valence-corrected chi connectivity index (χ0v) is 10.3. The van der Waals surface area contributed by atoms with Crippen LogP contribution in [0.4, 0.5) is 0 Å². The summed E-state index contributed by atoms with van der Waals surface area (Å²) >= 11 is 5.86. The van der Waals surface area contributed by atoms with E-state index in [1.54, 1.807) is 12.1 Å². The molecule has 18 heavy (non-hydrogen) atoms. The maximum absolute atomic E-state index is 12.1. The topological polar surface area (TPSA) is 60.4 Å². The maximum atomic E-state index is 12.1. The number of fused-ring (bicyclic) bond motifs is 1. The van der Waals surface area contributed by atoms with E-state index in [4.69, 9.17) is 11.6 Å². The minimum atomic E-state index is -0.608. The fourth-order valence-corrected chi connectivity index (χ4v) is 2.03. The Bertz CT molecular complexity index is 586. The second-order valence-corrected chi connectivity index (χ2v) is 4.13. The number of esters is 1. The van der Waals surface area contributed by atoms with Crippen molar-refractivity contribution in [2.24, 2.45) is 0 Å². The molecule has 0 spiro atoms. The van der Waals surface area contributed by atoms with Gasteiger partial charge in [0.05, 0.1) is 18.6 Å². The third kappa shape index (κ3) is 1.95. The van der Waals surface area contributed by atoms with Crippen LogP contribution < -0.4 is 0 Å². The van der Waals surface area contributed by atoms with Crippen molar-refractivity contribution in [3.63, 3.8) is 0 Å². The summed E-state index contributed by atoms with van der Waals surface area (Å²) in [7, 11) is 1.21. The molecule has 0 radical (unpaired) electrons. The molecule has 1 aliphatic rings. The van der Waals surface area contributed by atoms with Crippen LogP contribution in [0.1, 0.15) is 27.1 Å². The highest BCUT2D eigenvalue weighted by atomic mass is 35.5. The molecule has 0 atom stereocenters. The van der Waals surface area contributed by atoms with Crippen molar-refractivity contribution in [2.45, 2.75) is 6.42 Å². The lowest BCUT2D eigenvalue weighted by molar-refractivity contribution is -0.139. The summed E-state index contributed by atoms with van der Waals surface area (Å²) in [4.78, 5) is 35.3. The van der Waals surface area contributed by atoms with E-state index >= 15 is 0 Å². The number of Topliss-reactive ketones (excluding diaryl/α,β-unsaturated/α-hetero) is 2. The summed E-state index contributed by atoms with van der Waals surface area (Å²) in [5, 5.41) is -0.205. The van der Waals surface area contributed by atoms with E-state index in [0.29, 0.717) is 0 Å². The number of ether oxygens (including phenoxy) is 1. The van der Waals surface area contributed by atoms with E-state index in [1.165, 1.54) is 19.2 Å². The van der Waals surface area contributed by atoms with Crippen LogP contribution in [0.3, 0.4) is 0 Å². The van der Waals surface area contributed by atoms with E-state index < -0.39 is 17.5 Å². The second kappa shape index (κ2) is 4.74. The molecule has 0 N–H and O–H groups in total. The van der Waals surface area contributed by atoms with Crippen molar-refractivity contribution in [3.8, 4) is 0 Å². The van der Waals surface area contributed by atoms with Crippen LogP contribution in [0.2, 0.25) is 0 Å². The molecule has 1 aliphatic carbocycles. The minimum absolute atomic E-state index is 0.00721. The normalized spacial score (nSPS) is 14.6. The van der Waals surface area contributed by atoms with Gasteiger partial charge in [-0.05, 0) is 0 Å². The number of hydrogen-bond donors (Lipinski definition) is 0. The van der Waals surface area contributed by atoms with Crippen LogP contribution in [0.15, 0.2) is 34.9 Å². The van der Waals surface area contributed by atoms with Crippen molar-refractivity contribution in [2.75, 3.05) is 7.11 Å². The molecule has 0 bridgehead atoms. The predicted octanol–water partition coefficient (Wildman–Crippen LogP) is 2.12. The Morgan fingerprint density at radius 3 is 2.28 bits per heavy atom. The Labute approximate surface area is 108 Å². The molecule has 0 saturated carbocycles. The van der Waals surface area contributed by atoms with E-state index in [-0.39, 0.29) is 28.2 Å². The van der Waals surface area contributed by atoms with Gasteiger partial charge in [0.2, 0.25) is 5.78 Å². The zero-order valence-electron chi connectivity index (χ0n) is 9.53. The molecule has 0 aliphatic heterocycles. The Kier molecular flexibility index (Phi) is 3.30. The Hall–Kier alpha value is -1.94. The van der Waals surface area contributed by atoms with Gasteiger partial charge in [0.15, 0.2) is 5.78 Å². The monoisotopic (exact) mass is 264 g/mol. The Morgan fingerprint density at radius 1 is 1.17 bits per heavy atom. The molecule has 0 unspecified atom stereocenters. The molecule has 4 nitrogen and oxygen atoms in total. The number of rotatable bonds is 2. The van der Waals surface area contributed by atoms with E-state index in [1.807, 2.05) is 0 Å². The van der Waals surface area contributed by atoms with Gasteiger partial charge in [-0.3, -0.25) is 14.4 Å². The number of carbonyl (C=O) groups is 3. The van der Waals surface area contributed by atoms with Gasteiger partial charge < -0.3 is 4.74 Å². The average molecular weight is 265 g/mol. The smallest absolute Gasteiger partial charge is 0.310 e. The minimum Gasteiger partial charge on any atom is -0.469 e. The lowest BCUT2D eigenvalue weighted by Crippen LogP contribution is -2.21. The summed E-state index contributed by atoms with van der Waals surface area (Å²) in [5.41, 5.74) is 0.527. The first-order valence-electron chi connectivity index (χ1n) is 5.20. The highest BCUT2D eigenvalue weighted by molar-refractivity contribution is 6.50. The van der Waals surface area contributed by atoms with Crippen LogP contribution in [-0.2, 0) is 9.53 Å². The molecule has 0 aromatic heterocycles. The molecule has 0 saturated heterocycles. The van der Waals surface area contributed by atoms with Crippen LogP contribution in [0.25, 0.3) is 0 Å². The number of benzene rings is 1. The SMILES string of the molecule is COC(=O)CC1=C(Cl)C(=O)c2ccccc2C1=O. The van der Waals surface area contributed by atoms with Crippen molar-refractivity contribution < 1.29 is 19.1 Å². The van der Waals surface area contributed by atoms with Gasteiger partial charge in [0, 0.05) is 16.7 Å². The second-order valence-electron chi connectivity index (χ2n) is 3.75. The third-order valence-corrected chi connectivity index (χ3v) is 3.10.